The van der Waals surface area contributed by atoms with Gasteiger partial charge in [0.05, 0.1) is 5.92 Å². The highest BCUT2D eigenvalue weighted by Crippen LogP contribution is 2.30. The number of carbonyl (C=O) groups is 2. The molecule has 0 spiro atoms. The smallest absolute Gasteiger partial charge is 0.229 e. The Morgan fingerprint density at radius 2 is 1.84 bits per heavy atom. The molecule has 0 aromatic heterocycles. The van der Waals surface area contributed by atoms with Crippen LogP contribution in [0.5, 0.6) is 0 Å². The molecule has 1 fully saturated rings. The molecule has 0 aliphatic carbocycles. The standard InChI is InChI=1S/C21H24N2O2/c1-13-8-9-15(3)18(10-13)22-21(25)17-11-20(24)23(12-17)19-7-5-6-14(2)16(19)4/h5-10,17H,11-12H2,1-4H3,(H,22,25). The molecule has 1 aliphatic rings. The van der Waals surface area contributed by atoms with Crippen LogP contribution in [0.4, 0.5) is 11.4 Å². The van der Waals surface area contributed by atoms with Crippen molar-refractivity contribution >= 4 is 23.2 Å². The largest absolute Gasteiger partial charge is 0.326 e. The number of carbonyl (C=O) groups excluding carboxylic acids is 2. The lowest BCUT2D eigenvalue weighted by Crippen LogP contribution is -2.28. The van der Waals surface area contributed by atoms with Crippen molar-refractivity contribution in [3.05, 3.63) is 58.7 Å². The second-order valence-corrected chi connectivity index (χ2v) is 6.93. The Labute approximate surface area is 148 Å². The number of hydrogen-bond donors (Lipinski definition) is 1. The van der Waals surface area contributed by atoms with Gasteiger partial charge in [0, 0.05) is 24.3 Å². The van der Waals surface area contributed by atoms with Crippen molar-refractivity contribution in [3.8, 4) is 0 Å². The fourth-order valence-corrected chi connectivity index (χ4v) is 3.25. The summed E-state index contributed by atoms with van der Waals surface area (Å²) in [5, 5.41) is 2.99. The molecule has 1 N–H and O–H groups in total. The fourth-order valence-electron chi connectivity index (χ4n) is 3.25. The minimum Gasteiger partial charge on any atom is -0.326 e. The predicted octanol–water partition coefficient (Wildman–Crippen LogP) is 3.91. The van der Waals surface area contributed by atoms with Gasteiger partial charge < -0.3 is 10.2 Å². The molecular formula is C21H24N2O2. The highest BCUT2D eigenvalue weighted by molar-refractivity contribution is 6.04. The van der Waals surface area contributed by atoms with E-state index in [-0.39, 0.29) is 24.2 Å². The number of benzene rings is 2. The molecule has 2 amide bonds. The van der Waals surface area contributed by atoms with E-state index in [2.05, 4.69) is 5.32 Å². The summed E-state index contributed by atoms with van der Waals surface area (Å²) in [4.78, 5) is 26.9. The van der Waals surface area contributed by atoms with E-state index in [1.807, 2.05) is 64.1 Å². The van der Waals surface area contributed by atoms with Crippen LogP contribution in [0.2, 0.25) is 0 Å². The van der Waals surface area contributed by atoms with E-state index in [1.165, 1.54) is 0 Å². The lowest BCUT2D eigenvalue weighted by Gasteiger charge is -2.20. The minimum absolute atomic E-state index is 0.00909. The molecule has 130 valence electrons. The average molecular weight is 336 g/mol. The summed E-state index contributed by atoms with van der Waals surface area (Å²) in [5.41, 5.74) is 6.09. The summed E-state index contributed by atoms with van der Waals surface area (Å²) < 4.78 is 0. The summed E-state index contributed by atoms with van der Waals surface area (Å²) in [6.07, 6.45) is 0.254. The highest BCUT2D eigenvalue weighted by atomic mass is 16.2. The quantitative estimate of drug-likeness (QED) is 0.924. The normalized spacial score (nSPS) is 17.0. The van der Waals surface area contributed by atoms with Crippen LogP contribution in [-0.4, -0.2) is 18.4 Å². The van der Waals surface area contributed by atoms with Crippen molar-refractivity contribution in [2.24, 2.45) is 5.92 Å². The number of hydrogen-bond acceptors (Lipinski definition) is 2. The van der Waals surface area contributed by atoms with E-state index in [1.54, 1.807) is 4.90 Å². The summed E-state index contributed by atoms with van der Waals surface area (Å²) in [7, 11) is 0. The Balaban J connectivity index is 1.77. The molecule has 0 saturated carbocycles. The molecule has 1 unspecified atom stereocenters. The predicted molar refractivity (Wildman–Crippen MR) is 101 cm³/mol. The van der Waals surface area contributed by atoms with Crippen molar-refractivity contribution in [3.63, 3.8) is 0 Å². The number of rotatable bonds is 3. The fraction of sp³-hybridized carbons (Fsp3) is 0.333. The summed E-state index contributed by atoms with van der Waals surface area (Å²) in [6.45, 7) is 8.44. The van der Waals surface area contributed by atoms with Gasteiger partial charge in [-0.3, -0.25) is 9.59 Å². The molecule has 4 heteroatoms. The van der Waals surface area contributed by atoms with Crippen molar-refractivity contribution in [1.29, 1.82) is 0 Å². The Morgan fingerprint density at radius 3 is 2.60 bits per heavy atom. The lowest BCUT2D eigenvalue weighted by molar-refractivity contribution is -0.122. The molecule has 1 saturated heterocycles. The molecule has 0 radical (unpaired) electrons. The summed E-state index contributed by atoms with van der Waals surface area (Å²) in [6, 6.07) is 11.9. The van der Waals surface area contributed by atoms with Crippen molar-refractivity contribution < 1.29 is 9.59 Å². The van der Waals surface area contributed by atoms with E-state index in [0.29, 0.717) is 6.54 Å². The maximum absolute atomic E-state index is 12.7. The third-order valence-corrected chi connectivity index (χ3v) is 5.01. The average Bonchev–Trinajstić information content (AvgIpc) is 2.95. The minimum atomic E-state index is -0.327. The van der Waals surface area contributed by atoms with Crippen molar-refractivity contribution in [1.82, 2.24) is 0 Å². The van der Waals surface area contributed by atoms with Crippen LogP contribution < -0.4 is 10.2 Å². The maximum Gasteiger partial charge on any atom is 0.229 e. The molecule has 0 bridgehead atoms. The van der Waals surface area contributed by atoms with Gasteiger partial charge in [-0.05, 0) is 62.1 Å². The number of nitrogens with one attached hydrogen (secondary N) is 1. The van der Waals surface area contributed by atoms with Gasteiger partial charge in [0.15, 0.2) is 0 Å². The molecule has 25 heavy (non-hydrogen) atoms. The number of amides is 2. The van der Waals surface area contributed by atoms with Gasteiger partial charge in [0.1, 0.15) is 0 Å². The first-order chi connectivity index (χ1) is 11.9. The van der Waals surface area contributed by atoms with E-state index >= 15 is 0 Å². The van der Waals surface area contributed by atoms with Crippen molar-refractivity contribution in [2.75, 3.05) is 16.8 Å². The second kappa shape index (κ2) is 6.71. The zero-order valence-electron chi connectivity index (χ0n) is 15.2. The molecule has 2 aromatic carbocycles. The molecular weight excluding hydrogens is 312 g/mol. The van der Waals surface area contributed by atoms with Gasteiger partial charge in [-0.25, -0.2) is 0 Å². The zero-order valence-corrected chi connectivity index (χ0v) is 15.2. The number of nitrogens with zero attached hydrogens (tertiary/aromatic N) is 1. The van der Waals surface area contributed by atoms with E-state index in [9.17, 15) is 9.59 Å². The topological polar surface area (TPSA) is 49.4 Å². The summed E-state index contributed by atoms with van der Waals surface area (Å²) in [5.74, 6) is -0.406. The van der Waals surface area contributed by atoms with Gasteiger partial charge in [-0.2, -0.15) is 0 Å². The SMILES string of the molecule is Cc1ccc(C)c(NC(=O)C2CC(=O)N(c3cccc(C)c3C)C2)c1. The van der Waals surface area contributed by atoms with Crippen LogP contribution in [-0.2, 0) is 9.59 Å². The van der Waals surface area contributed by atoms with E-state index in [4.69, 9.17) is 0 Å². The molecule has 1 aliphatic heterocycles. The van der Waals surface area contributed by atoms with Crippen LogP contribution >= 0.6 is 0 Å². The highest BCUT2D eigenvalue weighted by Gasteiger charge is 2.35. The molecule has 2 aromatic rings. The van der Waals surface area contributed by atoms with Crippen LogP contribution in [0.15, 0.2) is 36.4 Å². The Hall–Kier alpha value is -2.62. The van der Waals surface area contributed by atoms with Crippen LogP contribution in [0.3, 0.4) is 0 Å². The van der Waals surface area contributed by atoms with Crippen LogP contribution in [0.25, 0.3) is 0 Å². The van der Waals surface area contributed by atoms with Gasteiger partial charge >= 0.3 is 0 Å². The number of aryl methyl sites for hydroxylation is 3. The number of anilines is 2. The molecule has 1 atom stereocenters. The Morgan fingerprint density at radius 1 is 1.08 bits per heavy atom. The molecule has 3 rings (SSSR count). The first kappa shape index (κ1) is 17.2. The van der Waals surface area contributed by atoms with Gasteiger partial charge in [0.25, 0.3) is 0 Å². The first-order valence-corrected chi connectivity index (χ1v) is 8.61. The van der Waals surface area contributed by atoms with Gasteiger partial charge in [-0.1, -0.05) is 24.3 Å². The summed E-state index contributed by atoms with van der Waals surface area (Å²) >= 11 is 0. The third kappa shape index (κ3) is 3.43. The molecule has 1 heterocycles. The van der Waals surface area contributed by atoms with E-state index in [0.717, 1.165) is 33.6 Å². The Bertz CT molecular complexity index is 842. The van der Waals surface area contributed by atoms with Crippen LogP contribution in [0.1, 0.15) is 28.7 Å². The maximum atomic E-state index is 12.7. The Kier molecular flexibility index (Phi) is 4.62. The van der Waals surface area contributed by atoms with Crippen molar-refractivity contribution in [2.45, 2.75) is 34.1 Å². The van der Waals surface area contributed by atoms with Gasteiger partial charge in [0.2, 0.25) is 11.8 Å². The lowest BCUT2D eigenvalue weighted by atomic mass is 10.1. The third-order valence-electron chi connectivity index (χ3n) is 5.01. The first-order valence-electron chi connectivity index (χ1n) is 8.61. The van der Waals surface area contributed by atoms with E-state index < -0.39 is 0 Å². The zero-order chi connectivity index (χ0) is 18.1. The second-order valence-electron chi connectivity index (χ2n) is 6.93. The monoisotopic (exact) mass is 336 g/mol. The van der Waals surface area contributed by atoms with Crippen LogP contribution in [0, 0.1) is 33.6 Å². The molecule has 4 nitrogen and oxygen atoms in total. The van der Waals surface area contributed by atoms with Gasteiger partial charge in [-0.15, -0.1) is 0 Å².